The average Bonchev–Trinajstić information content (AvgIpc) is 2.56. The van der Waals surface area contributed by atoms with E-state index >= 15 is 0 Å². The molecule has 2 aromatic carbocycles. The van der Waals surface area contributed by atoms with E-state index < -0.39 is 0 Å². The van der Waals surface area contributed by atoms with E-state index in [9.17, 15) is 14.3 Å². The molecule has 0 saturated carbocycles. The number of halogens is 1. The fourth-order valence-corrected chi connectivity index (χ4v) is 2.70. The second-order valence-electron chi connectivity index (χ2n) is 5.61. The number of benzene rings is 2. The van der Waals surface area contributed by atoms with Gasteiger partial charge in [-0.1, -0.05) is 24.3 Å². The average molecular weight is 299 g/mol. The molecular weight excluding hydrogens is 281 g/mol. The summed E-state index contributed by atoms with van der Waals surface area (Å²) in [6.07, 6.45) is 0.989. The minimum absolute atomic E-state index is 0.00226. The smallest absolute Gasteiger partial charge is 0.253 e. The Balaban J connectivity index is 1.73. The molecule has 1 saturated heterocycles. The number of aliphatic hydroxyl groups is 1. The number of amides is 1. The van der Waals surface area contributed by atoms with Crippen LogP contribution >= 0.6 is 0 Å². The number of hydrogen-bond acceptors (Lipinski definition) is 2. The van der Waals surface area contributed by atoms with E-state index in [2.05, 4.69) is 0 Å². The normalized spacial score (nSPS) is 15.8. The molecule has 1 fully saturated rings. The van der Waals surface area contributed by atoms with Gasteiger partial charge >= 0.3 is 0 Å². The molecule has 0 spiro atoms. The monoisotopic (exact) mass is 299 g/mol. The van der Waals surface area contributed by atoms with Gasteiger partial charge in [0.2, 0.25) is 0 Å². The van der Waals surface area contributed by atoms with Crippen LogP contribution < -0.4 is 0 Å². The van der Waals surface area contributed by atoms with E-state index in [-0.39, 0.29) is 17.8 Å². The van der Waals surface area contributed by atoms with Crippen LogP contribution in [0.4, 0.5) is 4.39 Å². The molecule has 3 nitrogen and oxygen atoms in total. The van der Waals surface area contributed by atoms with Gasteiger partial charge in [0.05, 0.1) is 6.10 Å². The molecule has 0 atom stereocenters. The fraction of sp³-hybridized carbons (Fsp3) is 0.278. The molecule has 1 amide bonds. The van der Waals surface area contributed by atoms with E-state index in [1.165, 1.54) is 12.1 Å². The van der Waals surface area contributed by atoms with Gasteiger partial charge < -0.3 is 10.0 Å². The first-order valence-corrected chi connectivity index (χ1v) is 7.47. The van der Waals surface area contributed by atoms with Crippen molar-refractivity contribution in [3.05, 3.63) is 59.9 Å². The predicted molar refractivity (Wildman–Crippen MR) is 83.0 cm³/mol. The van der Waals surface area contributed by atoms with E-state index in [0.29, 0.717) is 31.5 Å². The fourth-order valence-electron chi connectivity index (χ4n) is 2.70. The van der Waals surface area contributed by atoms with Crippen molar-refractivity contribution in [1.82, 2.24) is 4.90 Å². The number of rotatable bonds is 2. The summed E-state index contributed by atoms with van der Waals surface area (Å²) in [5.74, 6) is -0.264. The summed E-state index contributed by atoms with van der Waals surface area (Å²) >= 11 is 0. The highest BCUT2D eigenvalue weighted by atomic mass is 19.1. The van der Waals surface area contributed by atoms with Gasteiger partial charge in [-0.25, -0.2) is 4.39 Å². The minimum Gasteiger partial charge on any atom is -0.393 e. The van der Waals surface area contributed by atoms with Crippen molar-refractivity contribution in [3.63, 3.8) is 0 Å². The third-order valence-corrected chi connectivity index (χ3v) is 4.06. The van der Waals surface area contributed by atoms with Gasteiger partial charge in [-0.15, -0.1) is 0 Å². The van der Waals surface area contributed by atoms with Crippen molar-refractivity contribution in [2.45, 2.75) is 18.9 Å². The molecule has 1 N–H and O–H groups in total. The summed E-state index contributed by atoms with van der Waals surface area (Å²) in [6, 6.07) is 13.6. The van der Waals surface area contributed by atoms with Gasteiger partial charge in [-0.05, 0) is 48.2 Å². The lowest BCUT2D eigenvalue weighted by Crippen LogP contribution is -2.40. The number of hydrogen-bond donors (Lipinski definition) is 1. The number of nitrogens with zero attached hydrogens (tertiary/aromatic N) is 1. The maximum absolute atomic E-state index is 12.9. The van der Waals surface area contributed by atoms with Gasteiger partial charge in [-0.2, -0.15) is 0 Å². The lowest BCUT2D eigenvalue weighted by molar-refractivity contribution is 0.0546. The molecule has 0 aromatic heterocycles. The van der Waals surface area contributed by atoms with Crippen LogP contribution in [-0.2, 0) is 0 Å². The van der Waals surface area contributed by atoms with Crippen LogP contribution in [0.2, 0.25) is 0 Å². The van der Waals surface area contributed by atoms with E-state index in [1.54, 1.807) is 29.2 Å². The largest absolute Gasteiger partial charge is 0.393 e. The standard InChI is InChI=1S/C18H18FNO2/c19-16-7-5-14(6-8-16)13-1-3-15(4-2-13)18(22)20-11-9-17(21)10-12-20/h1-8,17,21H,9-12H2. The van der Waals surface area contributed by atoms with Crippen molar-refractivity contribution >= 4 is 5.91 Å². The minimum atomic E-state index is -0.287. The molecule has 1 aliphatic rings. The summed E-state index contributed by atoms with van der Waals surface area (Å²) in [4.78, 5) is 14.2. The first kappa shape index (κ1) is 14.7. The molecule has 22 heavy (non-hydrogen) atoms. The number of carbonyl (C=O) groups excluding carboxylic acids is 1. The highest BCUT2D eigenvalue weighted by Crippen LogP contribution is 2.21. The van der Waals surface area contributed by atoms with Crippen LogP contribution in [-0.4, -0.2) is 35.1 Å². The van der Waals surface area contributed by atoms with Crippen LogP contribution in [0, 0.1) is 5.82 Å². The van der Waals surface area contributed by atoms with E-state index in [1.807, 2.05) is 12.1 Å². The van der Waals surface area contributed by atoms with Crippen molar-refractivity contribution in [3.8, 4) is 11.1 Å². The molecular formula is C18H18FNO2. The molecule has 4 heteroatoms. The van der Waals surface area contributed by atoms with E-state index in [0.717, 1.165) is 11.1 Å². The Hall–Kier alpha value is -2.20. The zero-order valence-electron chi connectivity index (χ0n) is 12.2. The van der Waals surface area contributed by atoms with Gasteiger partial charge in [0.15, 0.2) is 0 Å². The second kappa shape index (κ2) is 6.28. The van der Waals surface area contributed by atoms with Gasteiger partial charge in [0.25, 0.3) is 5.91 Å². The Morgan fingerprint density at radius 1 is 0.955 bits per heavy atom. The molecule has 3 rings (SSSR count). The summed E-state index contributed by atoms with van der Waals surface area (Å²) < 4.78 is 12.9. The first-order valence-electron chi connectivity index (χ1n) is 7.47. The SMILES string of the molecule is O=C(c1ccc(-c2ccc(F)cc2)cc1)N1CCC(O)CC1. The van der Waals surface area contributed by atoms with Crippen LogP contribution in [0.3, 0.4) is 0 Å². The number of likely N-dealkylation sites (tertiary alicyclic amines) is 1. The lowest BCUT2D eigenvalue weighted by atomic mass is 10.0. The molecule has 1 aliphatic heterocycles. The Morgan fingerprint density at radius 2 is 1.45 bits per heavy atom. The second-order valence-corrected chi connectivity index (χ2v) is 5.61. The zero-order valence-corrected chi connectivity index (χ0v) is 12.2. The summed E-state index contributed by atoms with van der Waals surface area (Å²) in [5, 5.41) is 9.50. The lowest BCUT2D eigenvalue weighted by Gasteiger charge is -2.29. The van der Waals surface area contributed by atoms with E-state index in [4.69, 9.17) is 0 Å². The highest BCUT2D eigenvalue weighted by molar-refractivity contribution is 5.94. The molecule has 0 aliphatic carbocycles. The van der Waals surface area contributed by atoms with Crippen molar-refractivity contribution in [2.75, 3.05) is 13.1 Å². The molecule has 0 bridgehead atoms. The van der Waals surface area contributed by atoms with Crippen LogP contribution in [0.15, 0.2) is 48.5 Å². The predicted octanol–water partition coefficient (Wildman–Crippen LogP) is 3.09. The van der Waals surface area contributed by atoms with Gasteiger partial charge in [0.1, 0.15) is 5.82 Å². The van der Waals surface area contributed by atoms with Crippen molar-refractivity contribution < 1.29 is 14.3 Å². The topological polar surface area (TPSA) is 40.5 Å². The Kier molecular flexibility index (Phi) is 4.20. The van der Waals surface area contributed by atoms with Crippen LogP contribution in [0.1, 0.15) is 23.2 Å². The molecule has 114 valence electrons. The molecule has 0 unspecified atom stereocenters. The maximum Gasteiger partial charge on any atom is 0.253 e. The summed E-state index contributed by atoms with van der Waals surface area (Å²) in [7, 11) is 0. The zero-order chi connectivity index (χ0) is 15.5. The summed E-state index contributed by atoms with van der Waals surface area (Å²) in [5.41, 5.74) is 2.51. The van der Waals surface area contributed by atoms with Crippen molar-refractivity contribution in [2.24, 2.45) is 0 Å². The van der Waals surface area contributed by atoms with Crippen LogP contribution in [0.5, 0.6) is 0 Å². The number of carbonyl (C=O) groups is 1. The Labute approximate surface area is 129 Å². The number of aliphatic hydroxyl groups excluding tert-OH is 1. The number of piperidine rings is 1. The maximum atomic E-state index is 12.9. The third kappa shape index (κ3) is 3.17. The molecule has 0 radical (unpaired) electrons. The van der Waals surface area contributed by atoms with Crippen LogP contribution in [0.25, 0.3) is 11.1 Å². The Bertz CT molecular complexity index is 644. The molecule has 2 aromatic rings. The first-order chi connectivity index (χ1) is 10.6. The third-order valence-electron chi connectivity index (χ3n) is 4.06. The summed E-state index contributed by atoms with van der Waals surface area (Å²) in [6.45, 7) is 1.19. The van der Waals surface area contributed by atoms with Gasteiger partial charge in [0, 0.05) is 18.7 Å². The highest BCUT2D eigenvalue weighted by Gasteiger charge is 2.22. The molecule has 1 heterocycles. The quantitative estimate of drug-likeness (QED) is 0.925. The van der Waals surface area contributed by atoms with Gasteiger partial charge in [-0.3, -0.25) is 4.79 Å². The van der Waals surface area contributed by atoms with Crippen molar-refractivity contribution in [1.29, 1.82) is 0 Å². The Morgan fingerprint density at radius 3 is 2.00 bits per heavy atom.